The lowest BCUT2D eigenvalue weighted by molar-refractivity contribution is -0.123. The smallest absolute Gasteiger partial charge is 0.220 e. The van der Waals surface area contributed by atoms with E-state index in [1.807, 2.05) is 4.68 Å². The van der Waals surface area contributed by atoms with Gasteiger partial charge < -0.3 is 10.5 Å². The van der Waals surface area contributed by atoms with Gasteiger partial charge in [0.05, 0.1) is 19.2 Å². The molecule has 2 N–H and O–H groups in total. The van der Waals surface area contributed by atoms with Crippen LogP contribution >= 0.6 is 0 Å². The molecule has 2 heterocycles. The Hall–Kier alpha value is -1.54. The number of aromatic nitrogens is 4. The standard InChI is InChI=1S/C14H26N6O2/c1-10(2)12(14-16-17-18-20(14)8-9-22-3)19-6-4-11(5-7-19)13(15)21/h10-12H,4-9H2,1-3H3,(H2,15,21)/t12-/m0/s1. The minimum Gasteiger partial charge on any atom is -0.383 e. The van der Waals surface area contributed by atoms with Gasteiger partial charge >= 0.3 is 0 Å². The Labute approximate surface area is 131 Å². The van der Waals surface area contributed by atoms with Gasteiger partial charge in [-0.2, -0.15) is 0 Å². The minimum absolute atomic E-state index is 0.00597. The second kappa shape index (κ2) is 7.64. The molecule has 0 spiro atoms. The predicted molar refractivity (Wildman–Crippen MR) is 80.8 cm³/mol. The summed E-state index contributed by atoms with van der Waals surface area (Å²) in [5, 5.41) is 12.1. The van der Waals surface area contributed by atoms with Gasteiger partial charge in [-0.25, -0.2) is 4.68 Å². The second-order valence-corrected chi connectivity index (χ2v) is 6.15. The number of rotatable bonds is 7. The van der Waals surface area contributed by atoms with E-state index in [0.717, 1.165) is 31.8 Å². The van der Waals surface area contributed by atoms with Crippen LogP contribution in [0.1, 0.15) is 38.6 Å². The first-order valence-corrected chi connectivity index (χ1v) is 7.83. The normalized spacial score (nSPS) is 18.7. The molecular weight excluding hydrogens is 284 g/mol. The van der Waals surface area contributed by atoms with Crippen LogP contribution in [0.25, 0.3) is 0 Å². The van der Waals surface area contributed by atoms with Gasteiger partial charge in [-0.1, -0.05) is 13.8 Å². The highest BCUT2D eigenvalue weighted by atomic mass is 16.5. The molecule has 0 aliphatic carbocycles. The van der Waals surface area contributed by atoms with Gasteiger partial charge in [0.25, 0.3) is 0 Å². The maximum Gasteiger partial charge on any atom is 0.220 e. The number of nitrogens with zero attached hydrogens (tertiary/aromatic N) is 5. The lowest BCUT2D eigenvalue weighted by atomic mass is 9.92. The van der Waals surface area contributed by atoms with Crippen molar-refractivity contribution in [2.75, 3.05) is 26.8 Å². The van der Waals surface area contributed by atoms with Crippen molar-refractivity contribution in [3.63, 3.8) is 0 Å². The maximum absolute atomic E-state index is 11.3. The Balaban J connectivity index is 2.11. The van der Waals surface area contributed by atoms with Crippen LogP contribution in [0.4, 0.5) is 0 Å². The van der Waals surface area contributed by atoms with Gasteiger partial charge in [0.15, 0.2) is 5.82 Å². The fraction of sp³-hybridized carbons (Fsp3) is 0.857. The summed E-state index contributed by atoms with van der Waals surface area (Å²) >= 11 is 0. The lowest BCUT2D eigenvalue weighted by Gasteiger charge is -2.37. The molecule has 1 saturated heterocycles. The molecule has 8 heteroatoms. The number of hydrogen-bond donors (Lipinski definition) is 1. The molecule has 124 valence electrons. The molecule has 22 heavy (non-hydrogen) atoms. The summed E-state index contributed by atoms with van der Waals surface area (Å²) < 4.78 is 6.93. The van der Waals surface area contributed by atoms with E-state index in [1.54, 1.807) is 7.11 Å². The van der Waals surface area contributed by atoms with Crippen LogP contribution in [0, 0.1) is 11.8 Å². The molecule has 1 fully saturated rings. The number of primary amides is 1. The highest BCUT2D eigenvalue weighted by Crippen LogP contribution is 2.30. The molecule has 1 aromatic heterocycles. The number of hydrogen-bond acceptors (Lipinski definition) is 6. The Morgan fingerprint density at radius 1 is 1.41 bits per heavy atom. The number of tetrazole rings is 1. The van der Waals surface area contributed by atoms with Crippen molar-refractivity contribution in [2.45, 2.75) is 39.3 Å². The number of methoxy groups -OCH3 is 1. The summed E-state index contributed by atoms with van der Waals surface area (Å²) in [5.41, 5.74) is 5.41. The van der Waals surface area contributed by atoms with E-state index < -0.39 is 0 Å². The minimum atomic E-state index is -0.189. The molecule has 1 aliphatic rings. The van der Waals surface area contributed by atoms with Crippen LogP contribution in [0.2, 0.25) is 0 Å². The largest absolute Gasteiger partial charge is 0.383 e. The second-order valence-electron chi connectivity index (χ2n) is 6.15. The first kappa shape index (κ1) is 16.8. The Kier molecular flexibility index (Phi) is 5.84. The Bertz CT molecular complexity index is 481. The molecule has 2 rings (SSSR count). The zero-order valence-electron chi connectivity index (χ0n) is 13.6. The fourth-order valence-corrected chi connectivity index (χ4v) is 3.11. The molecule has 0 unspecified atom stereocenters. The summed E-state index contributed by atoms with van der Waals surface area (Å²) in [5.74, 6) is 1.04. The number of amides is 1. The van der Waals surface area contributed by atoms with Gasteiger partial charge in [0.1, 0.15) is 0 Å². The zero-order valence-corrected chi connectivity index (χ0v) is 13.6. The summed E-state index contributed by atoms with van der Waals surface area (Å²) in [4.78, 5) is 13.7. The molecule has 0 aromatic carbocycles. The van der Waals surface area contributed by atoms with E-state index in [1.165, 1.54) is 0 Å². The van der Waals surface area contributed by atoms with Crippen LogP contribution in [0.15, 0.2) is 0 Å². The Morgan fingerprint density at radius 3 is 2.64 bits per heavy atom. The van der Waals surface area contributed by atoms with Crippen molar-refractivity contribution in [3.8, 4) is 0 Å². The maximum atomic E-state index is 11.3. The molecule has 1 aliphatic heterocycles. The van der Waals surface area contributed by atoms with Crippen molar-refractivity contribution < 1.29 is 9.53 Å². The van der Waals surface area contributed by atoms with Crippen LogP contribution < -0.4 is 5.73 Å². The zero-order chi connectivity index (χ0) is 16.1. The average Bonchev–Trinajstić information content (AvgIpc) is 2.93. The summed E-state index contributed by atoms with van der Waals surface area (Å²) in [6.07, 6.45) is 1.61. The van der Waals surface area contributed by atoms with Crippen molar-refractivity contribution in [3.05, 3.63) is 5.82 Å². The summed E-state index contributed by atoms with van der Waals surface area (Å²) in [6, 6.07) is 0.140. The molecule has 1 atom stereocenters. The quantitative estimate of drug-likeness (QED) is 0.773. The van der Waals surface area contributed by atoms with Gasteiger partial charge in [0, 0.05) is 13.0 Å². The summed E-state index contributed by atoms with van der Waals surface area (Å²) in [7, 11) is 1.67. The number of carbonyl (C=O) groups is 1. The first-order valence-electron chi connectivity index (χ1n) is 7.83. The van der Waals surface area contributed by atoms with Gasteiger partial charge in [0.2, 0.25) is 5.91 Å². The SMILES string of the molecule is COCCn1nnnc1[C@H](C(C)C)N1CCC(C(N)=O)CC1. The average molecular weight is 310 g/mol. The van der Waals surface area contributed by atoms with Crippen molar-refractivity contribution in [1.82, 2.24) is 25.1 Å². The van der Waals surface area contributed by atoms with Crippen molar-refractivity contribution >= 4 is 5.91 Å². The van der Waals surface area contributed by atoms with Gasteiger partial charge in [-0.05, 0) is 42.3 Å². The highest BCUT2D eigenvalue weighted by Gasteiger charge is 2.33. The van der Waals surface area contributed by atoms with Crippen molar-refractivity contribution in [1.29, 1.82) is 0 Å². The number of piperidine rings is 1. The van der Waals surface area contributed by atoms with E-state index in [0.29, 0.717) is 19.1 Å². The third-order valence-electron chi connectivity index (χ3n) is 4.29. The lowest BCUT2D eigenvalue weighted by Crippen LogP contribution is -2.42. The van der Waals surface area contributed by atoms with Crippen molar-refractivity contribution in [2.24, 2.45) is 17.6 Å². The number of nitrogens with two attached hydrogens (primary N) is 1. The molecule has 1 aromatic rings. The molecule has 0 radical (unpaired) electrons. The first-order chi connectivity index (χ1) is 10.5. The molecule has 0 saturated carbocycles. The van der Waals surface area contributed by atoms with E-state index in [-0.39, 0.29) is 17.9 Å². The fourth-order valence-electron chi connectivity index (χ4n) is 3.11. The number of ether oxygens (including phenoxy) is 1. The molecule has 8 nitrogen and oxygen atoms in total. The highest BCUT2D eigenvalue weighted by molar-refractivity contribution is 5.76. The van der Waals surface area contributed by atoms with E-state index in [9.17, 15) is 4.79 Å². The van der Waals surface area contributed by atoms with E-state index >= 15 is 0 Å². The van der Waals surface area contributed by atoms with Crippen LogP contribution in [0.5, 0.6) is 0 Å². The van der Waals surface area contributed by atoms with Gasteiger partial charge in [-0.3, -0.25) is 9.69 Å². The van der Waals surface area contributed by atoms with Crippen LogP contribution in [-0.4, -0.2) is 57.8 Å². The van der Waals surface area contributed by atoms with Crippen LogP contribution in [0.3, 0.4) is 0 Å². The third kappa shape index (κ3) is 3.80. The number of carbonyl (C=O) groups excluding carboxylic acids is 1. The van der Waals surface area contributed by atoms with Gasteiger partial charge in [-0.15, -0.1) is 5.10 Å². The Morgan fingerprint density at radius 2 is 2.09 bits per heavy atom. The summed E-state index contributed by atoms with van der Waals surface area (Å²) in [6.45, 7) is 7.23. The molecule has 0 bridgehead atoms. The topological polar surface area (TPSA) is 99.2 Å². The third-order valence-corrected chi connectivity index (χ3v) is 4.29. The van der Waals surface area contributed by atoms with E-state index in [4.69, 9.17) is 10.5 Å². The van der Waals surface area contributed by atoms with Crippen LogP contribution in [-0.2, 0) is 16.1 Å². The molecule has 1 amide bonds. The molecular formula is C14H26N6O2. The van der Waals surface area contributed by atoms with E-state index in [2.05, 4.69) is 34.3 Å². The monoisotopic (exact) mass is 310 g/mol. The number of likely N-dealkylation sites (tertiary alicyclic amines) is 1. The predicted octanol–water partition coefficient (Wildman–Crippen LogP) is 0.214.